The molecule has 0 aromatic rings. The zero-order valence-electron chi connectivity index (χ0n) is 9.25. The second kappa shape index (κ2) is 4.67. The van der Waals surface area contributed by atoms with Gasteiger partial charge >= 0.3 is 0 Å². The van der Waals surface area contributed by atoms with Crippen LogP contribution in [0.2, 0.25) is 0 Å². The molecule has 0 unspecified atom stereocenters. The van der Waals surface area contributed by atoms with Crippen LogP contribution in [0.4, 0.5) is 4.39 Å². The van der Waals surface area contributed by atoms with E-state index in [1.807, 2.05) is 11.0 Å². The Morgan fingerprint density at radius 2 is 2.12 bits per heavy atom. The number of allylic oxidation sites excluding steroid dienone is 3. The van der Waals surface area contributed by atoms with Crippen molar-refractivity contribution in [3.05, 3.63) is 23.2 Å². The molecule has 2 N–H and O–H groups in total. The summed E-state index contributed by atoms with van der Waals surface area (Å²) in [6, 6.07) is 2.30. The predicted octanol–water partition coefficient (Wildman–Crippen LogP) is 1.83. The number of likely N-dealkylation sites (tertiary alicyclic amines) is 1. The van der Waals surface area contributed by atoms with Crippen molar-refractivity contribution in [2.24, 2.45) is 5.73 Å². The van der Waals surface area contributed by atoms with Crippen LogP contribution in [0.15, 0.2) is 23.2 Å². The highest BCUT2D eigenvalue weighted by molar-refractivity contribution is 5.44. The molecule has 0 amide bonds. The highest BCUT2D eigenvalue weighted by atomic mass is 19.1. The van der Waals surface area contributed by atoms with E-state index < -0.39 is 0 Å². The molecule has 1 heterocycles. The van der Waals surface area contributed by atoms with Gasteiger partial charge in [-0.05, 0) is 19.3 Å². The number of nitriles is 1. The van der Waals surface area contributed by atoms with Crippen LogP contribution >= 0.6 is 0 Å². The van der Waals surface area contributed by atoms with Crippen LogP contribution < -0.4 is 5.73 Å². The molecule has 0 atom stereocenters. The Bertz CT molecular complexity index is 370. The standard InChI is InChI=1S/C12H16FN3/c13-11-3-1-2-9(8-14)12(11)16-6-4-10(15)5-7-16/h2,10H,1,3-7,15H2. The first-order chi connectivity index (χ1) is 7.72. The molecule has 3 nitrogen and oxygen atoms in total. The lowest BCUT2D eigenvalue weighted by Gasteiger charge is -2.34. The third-order valence-electron chi connectivity index (χ3n) is 3.20. The van der Waals surface area contributed by atoms with Crippen LogP contribution in [-0.4, -0.2) is 24.0 Å². The quantitative estimate of drug-likeness (QED) is 0.735. The summed E-state index contributed by atoms with van der Waals surface area (Å²) in [5, 5.41) is 8.99. The fourth-order valence-electron chi connectivity index (χ4n) is 2.27. The van der Waals surface area contributed by atoms with Gasteiger partial charge in [0.1, 0.15) is 11.9 Å². The van der Waals surface area contributed by atoms with E-state index in [2.05, 4.69) is 6.07 Å². The molecular formula is C12H16FN3. The number of hydrogen-bond donors (Lipinski definition) is 1. The Labute approximate surface area is 95.0 Å². The molecule has 0 saturated carbocycles. The average Bonchev–Trinajstić information content (AvgIpc) is 2.30. The molecule has 2 aliphatic rings. The molecule has 1 fully saturated rings. The van der Waals surface area contributed by atoms with Crippen molar-refractivity contribution < 1.29 is 4.39 Å². The Balaban J connectivity index is 2.19. The van der Waals surface area contributed by atoms with Crippen molar-refractivity contribution in [2.45, 2.75) is 31.7 Å². The molecule has 1 saturated heterocycles. The lowest BCUT2D eigenvalue weighted by atomic mass is 9.98. The second-order valence-electron chi connectivity index (χ2n) is 4.35. The van der Waals surface area contributed by atoms with E-state index in [4.69, 9.17) is 11.0 Å². The molecule has 0 spiro atoms. The maximum Gasteiger partial charge on any atom is 0.125 e. The van der Waals surface area contributed by atoms with E-state index in [0.29, 0.717) is 24.1 Å². The van der Waals surface area contributed by atoms with Gasteiger partial charge in [-0.25, -0.2) is 4.39 Å². The van der Waals surface area contributed by atoms with Crippen molar-refractivity contribution >= 4 is 0 Å². The number of halogens is 1. The van der Waals surface area contributed by atoms with Crippen LogP contribution in [0, 0.1) is 11.3 Å². The maximum atomic E-state index is 13.8. The largest absolute Gasteiger partial charge is 0.368 e. The fraction of sp³-hybridized carbons (Fsp3) is 0.583. The Kier molecular flexibility index (Phi) is 3.25. The lowest BCUT2D eigenvalue weighted by Crippen LogP contribution is -2.40. The highest BCUT2D eigenvalue weighted by Crippen LogP contribution is 2.30. The first-order valence-corrected chi connectivity index (χ1v) is 5.72. The summed E-state index contributed by atoms with van der Waals surface area (Å²) in [6.07, 6.45) is 4.62. The van der Waals surface area contributed by atoms with E-state index in [9.17, 15) is 4.39 Å². The summed E-state index contributed by atoms with van der Waals surface area (Å²) in [4.78, 5) is 1.97. The van der Waals surface area contributed by atoms with E-state index in [-0.39, 0.29) is 11.9 Å². The summed E-state index contributed by atoms with van der Waals surface area (Å²) in [7, 11) is 0. The summed E-state index contributed by atoms with van der Waals surface area (Å²) in [6.45, 7) is 1.51. The predicted molar refractivity (Wildman–Crippen MR) is 59.8 cm³/mol. The number of nitrogens with two attached hydrogens (primary N) is 1. The van der Waals surface area contributed by atoms with Crippen LogP contribution in [-0.2, 0) is 0 Å². The minimum absolute atomic E-state index is 0.144. The van der Waals surface area contributed by atoms with Gasteiger partial charge in [0, 0.05) is 25.6 Å². The minimum atomic E-state index is -0.144. The smallest absolute Gasteiger partial charge is 0.125 e. The molecule has 0 aromatic carbocycles. The van der Waals surface area contributed by atoms with E-state index in [0.717, 1.165) is 25.9 Å². The molecular weight excluding hydrogens is 205 g/mol. The number of piperidine rings is 1. The Morgan fingerprint density at radius 3 is 2.75 bits per heavy atom. The number of hydrogen-bond acceptors (Lipinski definition) is 3. The molecule has 86 valence electrons. The van der Waals surface area contributed by atoms with Crippen LogP contribution in [0.1, 0.15) is 25.7 Å². The van der Waals surface area contributed by atoms with Gasteiger partial charge in [0.25, 0.3) is 0 Å². The maximum absolute atomic E-state index is 13.8. The zero-order chi connectivity index (χ0) is 11.5. The van der Waals surface area contributed by atoms with Crippen LogP contribution in [0.25, 0.3) is 0 Å². The van der Waals surface area contributed by atoms with Gasteiger partial charge in [-0.1, -0.05) is 6.08 Å². The van der Waals surface area contributed by atoms with E-state index in [1.54, 1.807) is 0 Å². The van der Waals surface area contributed by atoms with Gasteiger partial charge in [0.2, 0.25) is 0 Å². The molecule has 0 aromatic heterocycles. The number of rotatable bonds is 1. The van der Waals surface area contributed by atoms with Gasteiger partial charge in [-0.2, -0.15) is 5.26 Å². The van der Waals surface area contributed by atoms with E-state index >= 15 is 0 Å². The van der Waals surface area contributed by atoms with Crippen LogP contribution in [0.3, 0.4) is 0 Å². The van der Waals surface area contributed by atoms with Gasteiger partial charge in [0.05, 0.1) is 11.3 Å². The van der Waals surface area contributed by atoms with Crippen molar-refractivity contribution in [1.82, 2.24) is 4.90 Å². The summed E-state index contributed by atoms with van der Waals surface area (Å²) in [5.74, 6) is -0.144. The first kappa shape index (κ1) is 11.2. The Morgan fingerprint density at radius 1 is 1.44 bits per heavy atom. The molecule has 1 aliphatic carbocycles. The lowest BCUT2D eigenvalue weighted by molar-refractivity contribution is 0.259. The van der Waals surface area contributed by atoms with Crippen molar-refractivity contribution in [1.29, 1.82) is 5.26 Å². The molecule has 0 radical (unpaired) electrons. The third kappa shape index (κ3) is 2.10. The number of nitrogens with zero attached hydrogens (tertiary/aromatic N) is 2. The average molecular weight is 221 g/mol. The van der Waals surface area contributed by atoms with Gasteiger partial charge in [0.15, 0.2) is 0 Å². The molecule has 1 aliphatic heterocycles. The normalized spacial score (nSPS) is 23.1. The third-order valence-corrected chi connectivity index (χ3v) is 3.20. The fourth-order valence-corrected chi connectivity index (χ4v) is 2.27. The summed E-state index contributed by atoms with van der Waals surface area (Å²) >= 11 is 0. The first-order valence-electron chi connectivity index (χ1n) is 5.72. The molecule has 4 heteroatoms. The minimum Gasteiger partial charge on any atom is -0.368 e. The zero-order valence-corrected chi connectivity index (χ0v) is 9.25. The SMILES string of the molecule is N#CC1=CCCC(F)=C1N1CCC(N)CC1. The molecule has 0 bridgehead atoms. The van der Waals surface area contributed by atoms with Crippen molar-refractivity contribution in [3.63, 3.8) is 0 Å². The van der Waals surface area contributed by atoms with Crippen molar-refractivity contribution in [3.8, 4) is 6.07 Å². The summed E-state index contributed by atoms with van der Waals surface area (Å²) in [5.41, 5.74) is 6.81. The van der Waals surface area contributed by atoms with Gasteiger partial charge in [-0.3, -0.25) is 0 Å². The molecule has 16 heavy (non-hydrogen) atoms. The summed E-state index contributed by atoms with van der Waals surface area (Å²) < 4.78 is 13.8. The topological polar surface area (TPSA) is 53.0 Å². The van der Waals surface area contributed by atoms with Gasteiger partial charge in [-0.15, -0.1) is 0 Å². The van der Waals surface area contributed by atoms with Crippen LogP contribution in [0.5, 0.6) is 0 Å². The van der Waals surface area contributed by atoms with E-state index in [1.165, 1.54) is 0 Å². The van der Waals surface area contributed by atoms with Gasteiger partial charge < -0.3 is 10.6 Å². The highest BCUT2D eigenvalue weighted by Gasteiger charge is 2.25. The second-order valence-corrected chi connectivity index (χ2v) is 4.35. The van der Waals surface area contributed by atoms with Crippen molar-refractivity contribution in [2.75, 3.05) is 13.1 Å². The Hall–Kier alpha value is -1.34. The monoisotopic (exact) mass is 221 g/mol. The molecule has 2 rings (SSSR count).